The lowest BCUT2D eigenvalue weighted by Gasteiger charge is -2.21. The van der Waals surface area contributed by atoms with Crippen LogP contribution in [0.3, 0.4) is 0 Å². The number of hydrogen-bond acceptors (Lipinski definition) is 8. The number of hydrogen-bond donors (Lipinski definition) is 4. The van der Waals surface area contributed by atoms with Crippen LogP contribution < -0.4 is 11.1 Å². The highest BCUT2D eigenvalue weighted by molar-refractivity contribution is 5.85. The smallest absolute Gasteiger partial charge is 0.151 e. The molecule has 4 heterocycles. The van der Waals surface area contributed by atoms with E-state index in [4.69, 9.17) is 16.1 Å². The Hall–Kier alpha value is -3.82. The Kier molecular flexibility index (Phi) is 5.72. The predicted molar refractivity (Wildman–Crippen MR) is 128 cm³/mol. The zero-order chi connectivity index (χ0) is 22.8. The molecule has 0 spiro atoms. The van der Waals surface area contributed by atoms with Gasteiger partial charge in [-0.3, -0.25) is 9.30 Å². The van der Waals surface area contributed by atoms with Gasteiger partial charge in [-0.05, 0) is 31.5 Å². The van der Waals surface area contributed by atoms with Crippen LogP contribution in [0, 0.1) is 5.41 Å². The van der Waals surface area contributed by atoms with E-state index in [-0.39, 0.29) is 6.04 Å². The first-order valence-corrected chi connectivity index (χ1v) is 11.0. The van der Waals surface area contributed by atoms with E-state index in [0.717, 1.165) is 42.0 Å². The Morgan fingerprint density at radius 1 is 1.18 bits per heavy atom. The van der Waals surface area contributed by atoms with E-state index >= 15 is 0 Å². The monoisotopic (exact) mass is 442 g/mol. The zero-order valence-electron chi connectivity index (χ0n) is 18.1. The number of aliphatic hydroxyl groups is 1. The number of aliphatic hydroxyl groups excluding tert-OH is 1. The van der Waals surface area contributed by atoms with Gasteiger partial charge >= 0.3 is 0 Å². The second-order valence-electron chi connectivity index (χ2n) is 8.09. The number of pyridine rings is 1. The molecule has 5 rings (SSSR count). The van der Waals surface area contributed by atoms with Gasteiger partial charge in [0.1, 0.15) is 28.7 Å². The fourth-order valence-corrected chi connectivity index (χ4v) is 4.47. The van der Waals surface area contributed by atoms with E-state index in [2.05, 4.69) is 20.2 Å². The number of nitrogens with zero attached hydrogens (tertiary/aromatic N) is 5. The number of benzene rings is 1. The van der Waals surface area contributed by atoms with Gasteiger partial charge in [-0.2, -0.15) is 0 Å². The van der Waals surface area contributed by atoms with Crippen LogP contribution in [0.15, 0.2) is 61.1 Å². The normalized spacial score (nSPS) is 17.3. The SMILES string of the molecule is N=CCN1CCC[C@H]1c1nc(-c2ccc(C(O)Nc3ccccn3)cc2)c2c(N)nccn12. The quantitative estimate of drug-likeness (QED) is 0.255. The Bertz CT molecular complexity index is 1250. The fraction of sp³-hybridized carbons (Fsp3) is 0.250. The van der Waals surface area contributed by atoms with Crippen LogP contribution >= 0.6 is 0 Å². The topological polar surface area (TPSA) is 128 Å². The van der Waals surface area contributed by atoms with Gasteiger partial charge in [0.15, 0.2) is 6.23 Å². The van der Waals surface area contributed by atoms with Crippen molar-refractivity contribution in [3.8, 4) is 11.3 Å². The molecular formula is C24H26N8O. The molecule has 1 aromatic carbocycles. The van der Waals surface area contributed by atoms with Crippen LogP contribution in [-0.4, -0.2) is 48.7 Å². The van der Waals surface area contributed by atoms with Crippen molar-refractivity contribution in [3.05, 3.63) is 72.4 Å². The molecule has 5 N–H and O–H groups in total. The molecular weight excluding hydrogens is 416 g/mol. The van der Waals surface area contributed by atoms with Gasteiger partial charge in [-0.25, -0.2) is 15.0 Å². The van der Waals surface area contributed by atoms with Crippen molar-refractivity contribution in [2.24, 2.45) is 0 Å². The molecule has 33 heavy (non-hydrogen) atoms. The van der Waals surface area contributed by atoms with Gasteiger partial charge in [-0.1, -0.05) is 30.3 Å². The van der Waals surface area contributed by atoms with Crippen molar-refractivity contribution in [2.75, 3.05) is 24.1 Å². The first kappa shape index (κ1) is 21.0. The van der Waals surface area contributed by atoms with Crippen LogP contribution in [0.25, 0.3) is 16.8 Å². The average molecular weight is 443 g/mol. The van der Waals surface area contributed by atoms with E-state index in [1.807, 2.05) is 47.0 Å². The number of rotatable bonds is 7. The predicted octanol–water partition coefficient (Wildman–Crippen LogP) is 3.26. The maximum Gasteiger partial charge on any atom is 0.151 e. The van der Waals surface area contributed by atoms with Crippen molar-refractivity contribution in [3.63, 3.8) is 0 Å². The Balaban J connectivity index is 1.49. The van der Waals surface area contributed by atoms with Crippen LogP contribution in [0.4, 0.5) is 11.6 Å². The second kappa shape index (κ2) is 8.97. The molecule has 0 bridgehead atoms. The third kappa shape index (κ3) is 4.04. The number of anilines is 2. The maximum atomic E-state index is 10.6. The summed E-state index contributed by atoms with van der Waals surface area (Å²) < 4.78 is 2.02. The lowest BCUT2D eigenvalue weighted by Crippen LogP contribution is -2.26. The summed E-state index contributed by atoms with van der Waals surface area (Å²) in [5.74, 6) is 1.93. The van der Waals surface area contributed by atoms with Crippen LogP contribution in [0.1, 0.15) is 36.5 Å². The third-order valence-corrected chi connectivity index (χ3v) is 6.05. The lowest BCUT2D eigenvalue weighted by molar-refractivity contribution is 0.207. The zero-order valence-corrected chi connectivity index (χ0v) is 18.1. The van der Waals surface area contributed by atoms with Crippen LogP contribution in [0.5, 0.6) is 0 Å². The largest absolute Gasteiger partial charge is 0.382 e. The summed E-state index contributed by atoms with van der Waals surface area (Å²) in [6, 6.07) is 13.2. The molecule has 168 valence electrons. The van der Waals surface area contributed by atoms with Crippen LogP contribution in [0.2, 0.25) is 0 Å². The summed E-state index contributed by atoms with van der Waals surface area (Å²) in [5, 5.41) is 21.1. The van der Waals surface area contributed by atoms with Gasteiger partial charge in [0.2, 0.25) is 0 Å². The number of nitrogens with two attached hydrogens (primary N) is 1. The number of imidazole rings is 1. The highest BCUT2D eigenvalue weighted by Gasteiger charge is 2.30. The molecule has 1 fully saturated rings. The van der Waals surface area contributed by atoms with Crippen molar-refractivity contribution in [1.29, 1.82) is 5.41 Å². The minimum absolute atomic E-state index is 0.123. The van der Waals surface area contributed by atoms with E-state index in [9.17, 15) is 5.11 Å². The van der Waals surface area contributed by atoms with E-state index in [0.29, 0.717) is 23.7 Å². The van der Waals surface area contributed by atoms with Gasteiger partial charge < -0.3 is 21.6 Å². The number of aromatic nitrogens is 4. The lowest BCUT2D eigenvalue weighted by atomic mass is 10.1. The molecule has 1 saturated heterocycles. The van der Waals surface area contributed by atoms with E-state index in [1.54, 1.807) is 18.5 Å². The first-order valence-electron chi connectivity index (χ1n) is 11.0. The van der Waals surface area contributed by atoms with Gasteiger partial charge in [0.25, 0.3) is 0 Å². The highest BCUT2D eigenvalue weighted by Crippen LogP contribution is 2.36. The van der Waals surface area contributed by atoms with Crippen molar-refractivity contribution in [1.82, 2.24) is 24.3 Å². The maximum absolute atomic E-state index is 10.6. The van der Waals surface area contributed by atoms with Crippen molar-refractivity contribution < 1.29 is 5.11 Å². The molecule has 4 aromatic rings. The number of nitrogens with one attached hydrogen (secondary N) is 2. The summed E-state index contributed by atoms with van der Waals surface area (Å²) >= 11 is 0. The molecule has 0 saturated carbocycles. The standard InChI is InChI=1S/C24H26N8O/c25-10-14-31-13-3-4-18(31)23-30-20(21-22(26)28-12-15-32(21)23)16-6-8-17(9-7-16)24(33)29-19-5-1-2-11-27-19/h1-2,5-12,15,18,24-25,33H,3-4,13-14H2,(H2,26,28)(H,27,29)/t18-,24?/m0/s1. The summed E-state index contributed by atoms with van der Waals surface area (Å²) in [6.45, 7) is 1.55. The van der Waals surface area contributed by atoms with Gasteiger partial charge in [-0.15, -0.1) is 0 Å². The highest BCUT2D eigenvalue weighted by atomic mass is 16.3. The molecule has 9 nitrogen and oxygen atoms in total. The molecule has 0 amide bonds. The Morgan fingerprint density at radius 2 is 2.03 bits per heavy atom. The van der Waals surface area contributed by atoms with Crippen molar-refractivity contribution >= 4 is 23.4 Å². The fourth-order valence-electron chi connectivity index (χ4n) is 4.47. The van der Waals surface area contributed by atoms with Gasteiger partial charge in [0.05, 0.1) is 6.04 Å². The summed E-state index contributed by atoms with van der Waals surface area (Å²) in [5.41, 5.74) is 9.43. The molecule has 0 radical (unpaired) electrons. The minimum Gasteiger partial charge on any atom is -0.382 e. The molecule has 1 unspecified atom stereocenters. The Morgan fingerprint density at radius 3 is 2.79 bits per heavy atom. The van der Waals surface area contributed by atoms with Crippen LogP contribution in [-0.2, 0) is 0 Å². The van der Waals surface area contributed by atoms with E-state index in [1.165, 1.54) is 6.21 Å². The van der Waals surface area contributed by atoms with Crippen molar-refractivity contribution in [2.45, 2.75) is 25.1 Å². The third-order valence-electron chi connectivity index (χ3n) is 6.05. The number of fused-ring (bicyclic) bond motifs is 1. The molecule has 1 aliphatic heterocycles. The number of likely N-dealkylation sites (tertiary alicyclic amines) is 1. The minimum atomic E-state index is -0.886. The number of nitrogen functional groups attached to an aromatic ring is 1. The summed E-state index contributed by atoms with van der Waals surface area (Å²) in [4.78, 5) is 15.8. The Labute approximate surface area is 191 Å². The molecule has 9 heteroatoms. The summed E-state index contributed by atoms with van der Waals surface area (Å²) in [6.07, 6.45) is 7.86. The second-order valence-corrected chi connectivity index (χ2v) is 8.09. The molecule has 3 aromatic heterocycles. The first-order chi connectivity index (χ1) is 16.2. The molecule has 1 aliphatic rings. The van der Waals surface area contributed by atoms with E-state index < -0.39 is 6.23 Å². The molecule has 2 atom stereocenters. The summed E-state index contributed by atoms with van der Waals surface area (Å²) in [7, 11) is 0. The van der Waals surface area contributed by atoms with Gasteiger partial charge in [0, 0.05) is 42.5 Å². The molecule has 0 aliphatic carbocycles. The average Bonchev–Trinajstić information content (AvgIpc) is 3.45.